The number of hydrogen-bond donors (Lipinski definition) is 0. The molecular weight excluding hydrogens is 294 g/mol. The Bertz CT molecular complexity index is 542. The highest BCUT2D eigenvalue weighted by Gasteiger charge is 2.47. The Kier molecular flexibility index (Phi) is 4.47. The lowest BCUT2D eigenvalue weighted by Gasteiger charge is -2.48. The molecule has 2 aliphatic heterocycles. The van der Waals surface area contributed by atoms with Crippen molar-refractivity contribution in [2.45, 2.75) is 45.3 Å². The van der Waals surface area contributed by atoms with Gasteiger partial charge in [-0.15, -0.1) is 0 Å². The molecule has 1 unspecified atom stereocenters. The van der Waals surface area contributed by atoms with Crippen molar-refractivity contribution in [2.75, 3.05) is 37.8 Å². The molecule has 1 spiro atoms. The van der Waals surface area contributed by atoms with Gasteiger partial charge in [0.1, 0.15) is 5.60 Å². The first-order valence-corrected chi connectivity index (χ1v) is 8.35. The number of aromatic nitrogens is 2. The maximum Gasteiger partial charge on any atom is 0.234 e. The number of ether oxygens (including phenoxy) is 3. The van der Waals surface area contributed by atoms with Crippen molar-refractivity contribution in [2.24, 2.45) is 5.92 Å². The summed E-state index contributed by atoms with van der Waals surface area (Å²) in [5, 5.41) is 0. The average Bonchev–Trinajstić information content (AvgIpc) is 2.91. The van der Waals surface area contributed by atoms with Crippen molar-refractivity contribution in [3.63, 3.8) is 0 Å². The maximum absolute atomic E-state index is 6.34. The van der Waals surface area contributed by atoms with Gasteiger partial charge in [0.25, 0.3) is 0 Å². The van der Waals surface area contributed by atoms with Gasteiger partial charge < -0.3 is 19.1 Å². The molecule has 0 bridgehead atoms. The van der Waals surface area contributed by atoms with Crippen LogP contribution in [0.25, 0.3) is 0 Å². The van der Waals surface area contributed by atoms with Crippen LogP contribution in [0.5, 0.6) is 5.88 Å². The lowest BCUT2D eigenvalue weighted by molar-refractivity contribution is -0.151. The molecule has 0 radical (unpaired) electrons. The van der Waals surface area contributed by atoms with Crippen molar-refractivity contribution in [3.8, 4) is 5.88 Å². The van der Waals surface area contributed by atoms with Gasteiger partial charge in [0.05, 0.1) is 37.8 Å². The van der Waals surface area contributed by atoms with E-state index in [-0.39, 0.29) is 11.2 Å². The standard InChI is InChI=1S/C17H27N3O3/c1-13(2)9-22-15-8-18-7-14(19-15)20-10-16(3,4)23-17(11-20)5-6-21-12-17/h7-8,13H,5-6,9-12H2,1-4H3. The Morgan fingerprint density at radius 1 is 1.30 bits per heavy atom. The van der Waals surface area contributed by atoms with Gasteiger partial charge >= 0.3 is 0 Å². The van der Waals surface area contributed by atoms with Crippen LogP contribution >= 0.6 is 0 Å². The van der Waals surface area contributed by atoms with Gasteiger partial charge in [-0.05, 0) is 19.8 Å². The predicted octanol–water partition coefficient (Wildman–Crippen LogP) is 2.29. The monoisotopic (exact) mass is 321 g/mol. The van der Waals surface area contributed by atoms with E-state index in [1.807, 2.05) is 0 Å². The summed E-state index contributed by atoms with van der Waals surface area (Å²) < 4.78 is 17.6. The van der Waals surface area contributed by atoms with Gasteiger partial charge in [-0.3, -0.25) is 4.98 Å². The Morgan fingerprint density at radius 3 is 2.83 bits per heavy atom. The number of anilines is 1. The molecule has 6 heteroatoms. The van der Waals surface area contributed by atoms with E-state index in [1.54, 1.807) is 12.4 Å². The smallest absolute Gasteiger partial charge is 0.234 e. The predicted molar refractivity (Wildman–Crippen MR) is 87.9 cm³/mol. The number of morpholine rings is 1. The maximum atomic E-state index is 6.34. The van der Waals surface area contributed by atoms with Gasteiger partial charge in [0, 0.05) is 19.6 Å². The number of nitrogens with zero attached hydrogens (tertiary/aromatic N) is 3. The van der Waals surface area contributed by atoms with Gasteiger partial charge in [0.15, 0.2) is 5.82 Å². The zero-order valence-corrected chi connectivity index (χ0v) is 14.5. The number of rotatable bonds is 4. The molecule has 3 heterocycles. The summed E-state index contributed by atoms with van der Waals surface area (Å²) in [5.74, 6) is 1.88. The lowest BCUT2D eigenvalue weighted by Crippen LogP contribution is -2.60. The molecule has 2 saturated heterocycles. The summed E-state index contributed by atoms with van der Waals surface area (Å²) in [4.78, 5) is 11.2. The molecule has 0 N–H and O–H groups in total. The van der Waals surface area contributed by atoms with Crippen molar-refractivity contribution < 1.29 is 14.2 Å². The molecule has 6 nitrogen and oxygen atoms in total. The van der Waals surface area contributed by atoms with Gasteiger partial charge in [0.2, 0.25) is 5.88 Å². The van der Waals surface area contributed by atoms with Crippen LogP contribution in [0.4, 0.5) is 5.82 Å². The number of hydrogen-bond acceptors (Lipinski definition) is 6. The molecule has 0 saturated carbocycles. The molecule has 2 fully saturated rings. The van der Waals surface area contributed by atoms with E-state index in [0.717, 1.165) is 31.9 Å². The second-order valence-corrected chi connectivity index (χ2v) is 7.62. The second-order valence-electron chi connectivity index (χ2n) is 7.62. The summed E-state index contributed by atoms with van der Waals surface area (Å²) in [6.07, 6.45) is 4.39. The second kappa shape index (κ2) is 6.24. The average molecular weight is 321 g/mol. The molecule has 0 aromatic carbocycles. The Balaban J connectivity index is 1.78. The highest BCUT2D eigenvalue weighted by Crippen LogP contribution is 2.36. The van der Waals surface area contributed by atoms with E-state index < -0.39 is 0 Å². The third-order valence-corrected chi connectivity index (χ3v) is 4.10. The minimum Gasteiger partial charge on any atom is -0.476 e. The van der Waals surface area contributed by atoms with Crippen molar-refractivity contribution in [3.05, 3.63) is 12.4 Å². The highest BCUT2D eigenvalue weighted by molar-refractivity contribution is 5.40. The first kappa shape index (κ1) is 16.5. The van der Waals surface area contributed by atoms with Crippen LogP contribution in [-0.4, -0.2) is 54.1 Å². The molecule has 1 aromatic rings. The van der Waals surface area contributed by atoms with Crippen LogP contribution in [0.3, 0.4) is 0 Å². The normalized spacial score (nSPS) is 26.9. The van der Waals surface area contributed by atoms with Gasteiger partial charge in [-0.25, -0.2) is 0 Å². The van der Waals surface area contributed by atoms with E-state index in [1.165, 1.54) is 0 Å². The van der Waals surface area contributed by atoms with E-state index in [2.05, 4.69) is 42.6 Å². The summed E-state index contributed by atoms with van der Waals surface area (Å²) in [5.41, 5.74) is -0.485. The van der Waals surface area contributed by atoms with Crippen molar-refractivity contribution >= 4 is 5.82 Å². The van der Waals surface area contributed by atoms with Crippen LogP contribution in [0.15, 0.2) is 12.4 Å². The fourth-order valence-corrected chi connectivity index (χ4v) is 3.28. The molecule has 2 aliphatic rings. The van der Waals surface area contributed by atoms with Gasteiger partial charge in [-0.1, -0.05) is 13.8 Å². The minimum atomic E-state index is -0.248. The van der Waals surface area contributed by atoms with Crippen molar-refractivity contribution in [1.29, 1.82) is 0 Å². The molecular formula is C17H27N3O3. The summed E-state index contributed by atoms with van der Waals surface area (Å²) in [7, 11) is 0. The molecule has 0 amide bonds. The van der Waals surface area contributed by atoms with Crippen LogP contribution in [0.1, 0.15) is 34.1 Å². The van der Waals surface area contributed by atoms with Crippen molar-refractivity contribution in [1.82, 2.24) is 9.97 Å². The summed E-state index contributed by atoms with van der Waals surface area (Å²) in [6.45, 7) is 12.1. The van der Waals surface area contributed by atoms with E-state index in [4.69, 9.17) is 14.2 Å². The fourth-order valence-electron chi connectivity index (χ4n) is 3.28. The molecule has 128 valence electrons. The molecule has 0 aliphatic carbocycles. The first-order valence-electron chi connectivity index (χ1n) is 8.35. The van der Waals surface area contributed by atoms with Crippen LogP contribution < -0.4 is 9.64 Å². The fraction of sp³-hybridized carbons (Fsp3) is 0.765. The summed E-state index contributed by atoms with van der Waals surface area (Å²) in [6, 6.07) is 0. The van der Waals surface area contributed by atoms with E-state index in [9.17, 15) is 0 Å². The SMILES string of the molecule is CC(C)COc1cncc(N2CC(C)(C)OC3(CCOC3)C2)n1. The largest absolute Gasteiger partial charge is 0.476 e. The van der Waals surface area contributed by atoms with Crippen LogP contribution in [0.2, 0.25) is 0 Å². The lowest BCUT2D eigenvalue weighted by atomic mass is 9.95. The topological polar surface area (TPSA) is 56.7 Å². The van der Waals surface area contributed by atoms with E-state index >= 15 is 0 Å². The third-order valence-electron chi connectivity index (χ3n) is 4.10. The molecule has 1 aromatic heterocycles. The molecule has 1 atom stereocenters. The first-order chi connectivity index (χ1) is 10.9. The Labute approximate surface area is 138 Å². The zero-order valence-electron chi connectivity index (χ0n) is 14.5. The third kappa shape index (κ3) is 3.93. The van der Waals surface area contributed by atoms with E-state index in [0.29, 0.717) is 25.0 Å². The minimum absolute atomic E-state index is 0.238. The summed E-state index contributed by atoms with van der Waals surface area (Å²) >= 11 is 0. The molecule has 3 rings (SSSR count). The quantitative estimate of drug-likeness (QED) is 0.848. The van der Waals surface area contributed by atoms with Crippen LogP contribution in [-0.2, 0) is 9.47 Å². The Morgan fingerprint density at radius 2 is 2.13 bits per heavy atom. The zero-order chi connectivity index (χ0) is 16.5. The Hall–Kier alpha value is -1.40. The van der Waals surface area contributed by atoms with Gasteiger partial charge in [-0.2, -0.15) is 4.98 Å². The molecule has 23 heavy (non-hydrogen) atoms. The van der Waals surface area contributed by atoms with Crippen LogP contribution in [0, 0.1) is 5.92 Å². The highest BCUT2D eigenvalue weighted by atomic mass is 16.6.